The summed E-state index contributed by atoms with van der Waals surface area (Å²) >= 11 is 20.6. The van der Waals surface area contributed by atoms with Crippen molar-refractivity contribution >= 4 is 75.9 Å². The van der Waals surface area contributed by atoms with Crippen molar-refractivity contribution in [2.45, 2.75) is 126 Å². The third-order valence-electron chi connectivity index (χ3n) is 16.4. The summed E-state index contributed by atoms with van der Waals surface area (Å²) in [4.78, 5) is 87.3. The molecule has 23 nitrogen and oxygen atoms in total. The number of hydrogen-bond donors (Lipinski definition) is 11. The lowest BCUT2D eigenvalue weighted by molar-refractivity contribution is -0.135. The highest BCUT2D eigenvalue weighted by Gasteiger charge is 2.46. The normalized spacial score (nSPS) is 30.2. The molecule has 0 spiro atoms. The average molecular weight is 1250 g/mol. The molecule has 0 radical (unpaired) electrons. The summed E-state index contributed by atoms with van der Waals surface area (Å²) in [6.45, 7) is 6.96. The number of carbonyl (C=O) groups is 6. The molecule has 466 valence electrons. The Bertz CT molecular complexity index is 3160. The maximum atomic E-state index is 15.6. The quantitative estimate of drug-likeness (QED) is 0.0997. The molecule has 26 heteroatoms. The van der Waals surface area contributed by atoms with Gasteiger partial charge in [-0.05, 0) is 102 Å². The molecule has 10 rings (SSSR count). The van der Waals surface area contributed by atoms with Crippen LogP contribution < -0.4 is 57.2 Å². The third-order valence-corrected chi connectivity index (χ3v) is 17.5. The summed E-state index contributed by atoms with van der Waals surface area (Å²) in [5.74, 6) is -6.56. The molecule has 5 heterocycles. The Balaban J connectivity index is 1.37. The lowest BCUT2D eigenvalue weighted by atomic mass is 9.71. The number of aliphatic hydroxyl groups excluding tert-OH is 3. The second kappa shape index (κ2) is 28.0. The monoisotopic (exact) mass is 1250 g/mol. The minimum Gasteiger partial charge on any atom is -0.500 e. The smallest absolute Gasteiger partial charge is 0.247 e. The molecule has 5 aliphatic heterocycles. The zero-order chi connectivity index (χ0) is 62.6. The van der Waals surface area contributed by atoms with Crippen LogP contribution in [-0.2, 0) is 43.0 Å². The fourth-order valence-corrected chi connectivity index (χ4v) is 13.0. The molecule has 0 saturated carbocycles. The molecule has 86 heavy (non-hydrogen) atoms. The number of amides is 6. The standard InChI is InChI=1S/C60H76Cl2N8O15S/c1-25(2)14-37(64-5)55(75)68-49-51(74)32-15-26(3)52(36(62)18-32)85-43-20-31-19-42(54(43)83-9)84-40-13-12-29(17-35(40)61)50(73)48-59(79)66-39(23-71)34-21-41(81-7)27(4)53(82-8)45(34)33-16-28(10-11-30(33)24-80-6)46(57(77)69-48)70-60(86)47(31)67-56(76)38(22-44(63)72)65-58(49)78/h10-13,18-21,25-27,33,35,37-39,41,46-51,64,71,73-74H,14-17,22-24H2,1-9H3,(H2,63,72)(H,65,78)(H,66,79)(H,67,76)(H,68,75)(H,69,77)(H,70,86)/t26?,27?,33?,35?,37-,38+,39-,41?,46-,47-,48+,49-,50-,51-/m1/s1. The summed E-state index contributed by atoms with van der Waals surface area (Å²) in [5.41, 5.74) is 8.48. The molecule has 6 amide bonds. The highest BCUT2D eigenvalue weighted by Crippen LogP contribution is 2.48. The zero-order valence-corrected chi connectivity index (χ0v) is 51.5. The van der Waals surface area contributed by atoms with Crippen molar-refractivity contribution in [2.24, 2.45) is 29.4 Å². The number of ether oxygens (including phenoxy) is 6. The van der Waals surface area contributed by atoms with Gasteiger partial charge in [0.25, 0.3) is 0 Å². The summed E-state index contributed by atoms with van der Waals surface area (Å²) in [6, 6.07) is -7.47. The Hall–Kier alpha value is -6.61. The fourth-order valence-electron chi connectivity index (χ4n) is 12.0. The molecule has 4 aliphatic carbocycles. The van der Waals surface area contributed by atoms with Gasteiger partial charge in [0.15, 0.2) is 11.5 Å². The van der Waals surface area contributed by atoms with E-state index >= 15 is 14.4 Å². The predicted octanol–water partition coefficient (Wildman–Crippen LogP) is 2.35. The number of primary amides is 1. The van der Waals surface area contributed by atoms with E-state index in [9.17, 15) is 29.7 Å². The van der Waals surface area contributed by atoms with Crippen molar-refractivity contribution in [3.8, 4) is 17.2 Å². The van der Waals surface area contributed by atoms with Crippen LogP contribution in [0.3, 0.4) is 0 Å². The van der Waals surface area contributed by atoms with Crippen molar-refractivity contribution in [2.75, 3.05) is 48.7 Å². The summed E-state index contributed by atoms with van der Waals surface area (Å²) in [7, 11) is 7.49. The van der Waals surface area contributed by atoms with Gasteiger partial charge in [-0.2, -0.15) is 0 Å². The number of carbonyl (C=O) groups excluding carboxylic acids is 6. The van der Waals surface area contributed by atoms with Crippen molar-refractivity contribution in [1.29, 1.82) is 0 Å². The Labute approximate surface area is 514 Å². The first kappa shape index (κ1) is 65.4. The van der Waals surface area contributed by atoms with Crippen LogP contribution in [0, 0.1) is 23.7 Å². The van der Waals surface area contributed by atoms with Gasteiger partial charge in [0.1, 0.15) is 64.7 Å². The maximum absolute atomic E-state index is 15.6. The molecule has 5 unspecified atom stereocenters. The number of aliphatic hydroxyl groups is 3. The SMILES string of the molecule is CN[C@H](CC(C)C)C(=O)N[C@H]1C(=O)N[C@@H](CC(N)=O)C(=O)N[C@H]2C(=S)N[C@H]3C(=O)N[C@H](C(=O)N[C@H](CO)C4=CC(OC)C(C)C(OC)=C4C4CC3=CC=C4COC)[C@H](O)C3=CC=C(Oc4cc2cc(c4OC)OC2=C(Cl)C=C(CC2C)[C@H]1O)C(Cl)C3. The number of methoxy groups -OCH3 is 4. The van der Waals surface area contributed by atoms with E-state index in [2.05, 4.69) is 37.2 Å². The second-order valence-corrected chi connectivity index (χ2v) is 24.1. The van der Waals surface area contributed by atoms with Crippen LogP contribution in [0.1, 0.15) is 71.4 Å². The van der Waals surface area contributed by atoms with Gasteiger partial charge >= 0.3 is 0 Å². The molecule has 1 aromatic rings. The molecule has 14 atom stereocenters. The molecule has 1 fully saturated rings. The number of nitrogens with one attached hydrogen (secondary N) is 7. The lowest BCUT2D eigenvalue weighted by Crippen LogP contribution is -2.61. The number of benzene rings is 1. The van der Waals surface area contributed by atoms with Crippen LogP contribution in [0.2, 0.25) is 0 Å². The second-order valence-electron chi connectivity index (χ2n) is 22.7. The molecule has 12 N–H and O–H groups in total. The van der Waals surface area contributed by atoms with Crippen LogP contribution in [0.25, 0.3) is 0 Å². The maximum Gasteiger partial charge on any atom is 0.247 e. The van der Waals surface area contributed by atoms with E-state index in [1.54, 1.807) is 26.1 Å². The molecule has 9 aliphatic rings. The molecule has 0 aromatic heterocycles. The van der Waals surface area contributed by atoms with E-state index < -0.39 is 132 Å². The van der Waals surface area contributed by atoms with Gasteiger partial charge in [0, 0.05) is 37.5 Å². The van der Waals surface area contributed by atoms with E-state index in [4.69, 9.17) is 69.6 Å². The number of likely N-dealkylation sites (N-methyl/N-ethyl adjacent to an activating group) is 1. The first-order valence-corrected chi connectivity index (χ1v) is 29.6. The largest absolute Gasteiger partial charge is 0.500 e. The average Bonchev–Trinajstić information content (AvgIpc) is 1.61. The van der Waals surface area contributed by atoms with E-state index in [0.717, 1.165) is 5.57 Å². The van der Waals surface area contributed by atoms with Crippen molar-refractivity contribution in [3.05, 3.63) is 110 Å². The van der Waals surface area contributed by atoms with Crippen molar-refractivity contribution in [1.82, 2.24) is 37.2 Å². The van der Waals surface area contributed by atoms with Crippen LogP contribution in [0.4, 0.5) is 0 Å². The number of allylic oxidation sites excluding steroid dienone is 8. The Kier molecular flexibility index (Phi) is 21.3. The summed E-state index contributed by atoms with van der Waals surface area (Å²) in [6.07, 6.45) is 5.10. The fraction of sp³-hybridized carbons (Fsp3) is 0.517. The van der Waals surface area contributed by atoms with Gasteiger partial charge in [-0.3, -0.25) is 28.8 Å². The van der Waals surface area contributed by atoms with Crippen LogP contribution in [-0.4, -0.2) is 164 Å². The van der Waals surface area contributed by atoms with Crippen LogP contribution in [0.5, 0.6) is 17.2 Å². The topological polar surface area (TPSA) is 329 Å². The van der Waals surface area contributed by atoms with Crippen molar-refractivity contribution < 1.29 is 72.5 Å². The Morgan fingerprint density at radius 3 is 2.15 bits per heavy atom. The number of rotatable bonds is 13. The van der Waals surface area contributed by atoms with Gasteiger partial charge in [-0.15, -0.1) is 11.6 Å². The van der Waals surface area contributed by atoms with Crippen LogP contribution >= 0.6 is 35.4 Å². The Morgan fingerprint density at radius 1 is 0.837 bits per heavy atom. The molecular weight excluding hydrogens is 1180 g/mol. The van der Waals surface area contributed by atoms with Gasteiger partial charge in [0.05, 0.1) is 62.5 Å². The zero-order valence-electron chi connectivity index (χ0n) is 49.2. The highest BCUT2D eigenvalue weighted by atomic mass is 35.5. The van der Waals surface area contributed by atoms with Crippen LogP contribution in [0.15, 0.2) is 104 Å². The minimum atomic E-state index is -1.82. The number of thiocarbonyl (C=S) groups is 1. The molecule has 11 bridgehead atoms. The third kappa shape index (κ3) is 13.9. The first-order chi connectivity index (χ1) is 40.9. The lowest BCUT2D eigenvalue weighted by Gasteiger charge is -2.40. The van der Waals surface area contributed by atoms with E-state index in [1.165, 1.54) is 58.8 Å². The minimum absolute atomic E-state index is 0.000284. The van der Waals surface area contributed by atoms with Gasteiger partial charge in [-0.25, -0.2) is 0 Å². The Morgan fingerprint density at radius 2 is 1.53 bits per heavy atom. The van der Waals surface area contributed by atoms with Gasteiger partial charge in [0.2, 0.25) is 41.2 Å². The van der Waals surface area contributed by atoms with Gasteiger partial charge < -0.3 is 86.7 Å². The summed E-state index contributed by atoms with van der Waals surface area (Å²) in [5, 5.41) is 54.7. The molecule has 1 saturated heterocycles. The number of nitrogens with two attached hydrogens (primary N) is 1. The van der Waals surface area contributed by atoms with E-state index in [-0.39, 0.29) is 87.3 Å². The summed E-state index contributed by atoms with van der Waals surface area (Å²) < 4.78 is 37.3. The van der Waals surface area contributed by atoms with Crippen molar-refractivity contribution in [3.63, 3.8) is 0 Å². The molecular formula is C60H76Cl2N8O15S. The van der Waals surface area contributed by atoms with Gasteiger partial charge in [-0.1, -0.05) is 69.7 Å². The predicted molar refractivity (Wildman–Crippen MR) is 321 cm³/mol. The number of fused-ring (bicyclic) bond motifs is 15. The first-order valence-electron chi connectivity index (χ1n) is 28.3. The van der Waals surface area contributed by atoms with E-state index in [1.807, 2.05) is 26.8 Å². The van der Waals surface area contributed by atoms with E-state index in [0.29, 0.717) is 28.9 Å². The molecule has 1 aromatic carbocycles. The number of halogens is 2. The number of hydrogen-bond acceptors (Lipinski definition) is 17. The highest BCUT2D eigenvalue weighted by molar-refractivity contribution is 7.80. The number of alkyl halides is 1.